The summed E-state index contributed by atoms with van der Waals surface area (Å²) in [6, 6.07) is 10.5. The van der Waals surface area contributed by atoms with Gasteiger partial charge in [0.2, 0.25) is 0 Å². The highest BCUT2D eigenvalue weighted by Crippen LogP contribution is 2.34. The van der Waals surface area contributed by atoms with Crippen LogP contribution in [0.25, 0.3) is 0 Å². The number of halogens is 1. The van der Waals surface area contributed by atoms with Crippen molar-refractivity contribution in [1.29, 1.82) is 0 Å². The van der Waals surface area contributed by atoms with Crippen LogP contribution in [0.1, 0.15) is 33.9 Å². The van der Waals surface area contributed by atoms with Crippen molar-refractivity contribution in [1.82, 2.24) is 5.32 Å². The van der Waals surface area contributed by atoms with Crippen LogP contribution < -0.4 is 10.1 Å². The molecule has 3 heteroatoms. The summed E-state index contributed by atoms with van der Waals surface area (Å²) in [5.41, 5.74) is 5.82. The molecule has 0 aromatic heterocycles. The smallest absolute Gasteiger partial charge is 0.127 e. The molecule has 0 aliphatic heterocycles. The molecule has 21 heavy (non-hydrogen) atoms. The Morgan fingerprint density at radius 2 is 1.76 bits per heavy atom. The molecule has 112 valence electrons. The van der Waals surface area contributed by atoms with Crippen LogP contribution in [0.4, 0.5) is 0 Å². The highest BCUT2D eigenvalue weighted by atomic mass is 35.5. The van der Waals surface area contributed by atoms with E-state index in [0.717, 1.165) is 21.9 Å². The Morgan fingerprint density at radius 3 is 2.33 bits per heavy atom. The summed E-state index contributed by atoms with van der Waals surface area (Å²) in [5.74, 6) is 0.946. The van der Waals surface area contributed by atoms with E-state index in [2.05, 4.69) is 43.4 Å². The van der Waals surface area contributed by atoms with Crippen molar-refractivity contribution < 1.29 is 4.74 Å². The van der Waals surface area contributed by atoms with Crippen LogP contribution >= 0.6 is 11.6 Å². The van der Waals surface area contributed by atoms with Crippen LogP contribution in [-0.4, -0.2) is 14.2 Å². The van der Waals surface area contributed by atoms with Crippen LogP contribution in [0.5, 0.6) is 5.75 Å². The quantitative estimate of drug-likeness (QED) is 0.892. The fourth-order valence-corrected chi connectivity index (χ4v) is 2.78. The molecule has 1 N–H and O–H groups in total. The molecule has 2 rings (SSSR count). The SMILES string of the molecule is CNC(c1ccc(Cl)c(C)c1)c1ccc(C)c(C)c1OC. The third-order valence-electron chi connectivity index (χ3n) is 4.03. The first kappa shape index (κ1) is 15.9. The van der Waals surface area contributed by atoms with Crippen molar-refractivity contribution in [2.75, 3.05) is 14.2 Å². The average molecular weight is 304 g/mol. The van der Waals surface area contributed by atoms with E-state index >= 15 is 0 Å². The number of methoxy groups -OCH3 is 1. The molecule has 0 heterocycles. The van der Waals surface area contributed by atoms with E-state index in [-0.39, 0.29) is 6.04 Å². The van der Waals surface area contributed by atoms with E-state index in [1.165, 1.54) is 16.7 Å². The molecule has 1 unspecified atom stereocenters. The number of benzene rings is 2. The van der Waals surface area contributed by atoms with E-state index in [1.54, 1.807) is 7.11 Å². The first-order valence-electron chi connectivity index (χ1n) is 7.07. The van der Waals surface area contributed by atoms with Gasteiger partial charge in [-0.25, -0.2) is 0 Å². The molecule has 0 amide bonds. The molecule has 0 aliphatic rings. The molecule has 2 aromatic carbocycles. The van der Waals surface area contributed by atoms with Gasteiger partial charge in [-0.15, -0.1) is 0 Å². The number of ether oxygens (including phenoxy) is 1. The summed E-state index contributed by atoms with van der Waals surface area (Å²) in [5, 5.41) is 4.17. The zero-order valence-corrected chi connectivity index (χ0v) is 14.0. The molecular formula is C18H22ClNO. The number of aryl methyl sites for hydroxylation is 2. The van der Waals surface area contributed by atoms with Crippen molar-refractivity contribution in [2.45, 2.75) is 26.8 Å². The van der Waals surface area contributed by atoms with Gasteiger partial charge in [-0.3, -0.25) is 0 Å². The van der Waals surface area contributed by atoms with Crippen LogP contribution in [-0.2, 0) is 0 Å². The second-order valence-electron chi connectivity index (χ2n) is 5.36. The lowest BCUT2D eigenvalue weighted by Crippen LogP contribution is -2.19. The van der Waals surface area contributed by atoms with Gasteiger partial charge in [-0.05, 0) is 56.1 Å². The minimum atomic E-state index is 0.0789. The summed E-state index contributed by atoms with van der Waals surface area (Å²) in [4.78, 5) is 0. The maximum atomic E-state index is 6.13. The van der Waals surface area contributed by atoms with Gasteiger partial charge in [0.1, 0.15) is 5.75 Å². The Labute approximate surface area is 132 Å². The van der Waals surface area contributed by atoms with Gasteiger partial charge in [0.15, 0.2) is 0 Å². The van der Waals surface area contributed by atoms with Gasteiger partial charge in [-0.1, -0.05) is 35.9 Å². The van der Waals surface area contributed by atoms with Crippen molar-refractivity contribution >= 4 is 11.6 Å². The molecule has 0 radical (unpaired) electrons. The third-order valence-corrected chi connectivity index (χ3v) is 4.45. The lowest BCUT2D eigenvalue weighted by atomic mass is 9.93. The van der Waals surface area contributed by atoms with E-state index in [9.17, 15) is 0 Å². The molecule has 0 saturated carbocycles. The van der Waals surface area contributed by atoms with Gasteiger partial charge in [-0.2, -0.15) is 0 Å². The molecule has 0 fully saturated rings. The fraction of sp³-hybridized carbons (Fsp3) is 0.333. The molecule has 0 bridgehead atoms. The van der Waals surface area contributed by atoms with Crippen molar-refractivity contribution in [3.8, 4) is 5.75 Å². The van der Waals surface area contributed by atoms with Crippen LogP contribution in [0.15, 0.2) is 30.3 Å². The predicted molar refractivity (Wildman–Crippen MR) is 89.6 cm³/mol. The summed E-state index contributed by atoms with van der Waals surface area (Å²) < 4.78 is 5.65. The molecule has 1 atom stereocenters. The Balaban J connectivity index is 2.56. The van der Waals surface area contributed by atoms with Gasteiger partial charge in [0.25, 0.3) is 0 Å². The highest BCUT2D eigenvalue weighted by Gasteiger charge is 2.19. The topological polar surface area (TPSA) is 21.3 Å². The van der Waals surface area contributed by atoms with Crippen LogP contribution in [0.2, 0.25) is 5.02 Å². The lowest BCUT2D eigenvalue weighted by Gasteiger charge is -2.22. The highest BCUT2D eigenvalue weighted by molar-refractivity contribution is 6.31. The summed E-state index contributed by atoms with van der Waals surface area (Å²) in [6.07, 6.45) is 0. The summed E-state index contributed by atoms with van der Waals surface area (Å²) in [6.45, 7) is 6.22. The Bertz CT molecular complexity index is 652. The predicted octanol–water partition coefficient (Wildman–Crippen LogP) is 4.58. The number of rotatable bonds is 4. The van der Waals surface area contributed by atoms with Crippen molar-refractivity contribution in [2.24, 2.45) is 0 Å². The van der Waals surface area contributed by atoms with Gasteiger partial charge in [0.05, 0.1) is 13.2 Å². The zero-order chi connectivity index (χ0) is 15.6. The molecular weight excluding hydrogens is 282 g/mol. The Hall–Kier alpha value is -1.51. The summed E-state index contributed by atoms with van der Waals surface area (Å²) >= 11 is 6.13. The third kappa shape index (κ3) is 3.07. The normalized spacial score (nSPS) is 12.3. The van der Waals surface area contributed by atoms with Crippen LogP contribution in [0, 0.1) is 20.8 Å². The average Bonchev–Trinajstić information content (AvgIpc) is 2.47. The van der Waals surface area contributed by atoms with Crippen molar-refractivity contribution in [3.05, 3.63) is 63.2 Å². The Kier molecular flexibility index (Phi) is 4.92. The lowest BCUT2D eigenvalue weighted by molar-refractivity contribution is 0.402. The number of hydrogen-bond donors (Lipinski definition) is 1. The van der Waals surface area contributed by atoms with E-state index in [0.29, 0.717) is 0 Å². The van der Waals surface area contributed by atoms with Gasteiger partial charge in [0, 0.05) is 10.6 Å². The van der Waals surface area contributed by atoms with E-state index in [1.807, 2.05) is 20.0 Å². The molecule has 0 spiro atoms. The maximum absolute atomic E-state index is 6.13. The maximum Gasteiger partial charge on any atom is 0.127 e. The molecule has 0 saturated heterocycles. The van der Waals surface area contributed by atoms with Gasteiger partial charge < -0.3 is 10.1 Å². The van der Waals surface area contributed by atoms with Gasteiger partial charge >= 0.3 is 0 Å². The Morgan fingerprint density at radius 1 is 1.05 bits per heavy atom. The van der Waals surface area contributed by atoms with E-state index < -0.39 is 0 Å². The second kappa shape index (κ2) is 6.50. The monoisotopic (exact) mass is 303 g/mol. The minimum Gasteiger partial charge on any atom is -0.496 e. The first-order valence-corrected chi connectivity index (χ1v) is 7.44. The minimum absolute atomic E-state index is 0.0789. The fourth-order valence-electron chi connectivity index (χ4n) is 2.66. The largest absolute Gasteiger partial charge is 0.496 e. The standard InChI is InChI=1S/C18H22ClNO/c1-11-6-8-15(18(21-5)13(11)3)17(20-4)14-7-9-16(19)12(2)10-14/h6-10,17,20H,1-5H3. The summed E-state index contributed by atoms with van der Waals surface area (Å²) in [7, 11) is 3.69. The first-order chi connectivity index (χ1) is 9.99. The number of nitrogens with one attached hydrogen (secondary N) is 1. The zero-order valence-electron chi connectivity index (χ0n) is 13.3. The molecule has 2 aromatic rings. The van der Waals surface area contributed by atoms with E-state index in [4.69, 9.17) is 16.3 Å². The number of hydrogen-bond acceptors (Lipinski definition) is 2. The second-order valence-corrected chi connectivity index (χ2v) is 5.77. The van der Waals surface area contributed by atoms with Crippen molar-refractivity contribution in [3.63, 3.8) is 0 Å². The molecule has 0 aliphatic carbocycles. The molecule has 2 nitrogen and oxygen atoms in total. The van der Waals surface area contributed by atoms with Crippen LogP contribution in [0.3, 0.4) is 0 Å².